The maximum absolute atomic E-state index is 12.8. The average molecular weight is 301 g/mol. The molecule has 0 saturated heterocycles. The molecule has 2 N–H and O–H groups in total. The van der Waals surface area contributed by atoms with E-state index >= 15 is 0 Å². The van der Waals surface area contributed by atoms with Gasteiger partial charge < -0.3 is 19.8 Å². The third-order valence-electron chi connectivity index (χ3n) is 3.97. The van der Waals surface area contributed by atoms with E-state index in [4.69, 9.17) is 15.2 Å². The van der Waals surface area contributed by atoms with Crippen LogP contribution in [0.15, 0.2) is 18.2 Å². The number of benzene rings is 1. The van der Waals surface area contributed by atoms with E-state index in [1.54, 1.807) is 32.4 Å². The van der Waals surface area contributed by atoms with Crippen LogP contribution in [0, 0.1) is 0 Å². The standard InChI is InChI=1S/C16H19N3O3/c1-21-11-7-6-10(9-12(11)22-2)15(20)14-16(17)18-13-5-3-4-8-19(13)14/h6-7,9H,3-5,8,17H2,1-2H3. The number of ketones is 1. The Bertz CT molecular complexity index is 722. The Hall–Kier alpha value is -2.50. The molecule has 1 aliphatic rings. The quantitative estimate of drug-likeness (QED) is 0.874. The van der Waals surface area contributed by atoms with E-state index in [1.807, 2.05) is 4.57 Å². The van der Waals surface area contributed by atoms with E-state index in [0.29, 0.717) is 28.6 Å². The lowest BCUT2D eigenvalue weighted by molar-refractivity contribution is 0.102. The van der Waals surface area contributed by atoms with Crippen LogP contribution in [-0.2, 0) is 13.0 Å². The smallest absolute Gasteiger partial charge is 0.213 e. The Morgan fingerprint density at radius 1 is 1.23 bits per heavy atom. The van der Waals surface area contributed by atoms with Gasteiger partial charge in [-0.1, -0.05) is 0 Å². The van der Waals surface area contributed by atoms with Gasteiger partial charge >= 0.3 is 0 Å². The van der Waals surface area contributed by atoms with Gasteiger partial charge in [-0.25, -0.2) is 4.98 Å². The van der Waals surface area contributed by atoms with E-state index < -0.39 is 0 Å². The highest BCUT2D eigenvalue weighted by Gasteiger charge is 2.24. The lowest BCUT2D eigenvalue weighted by atomic mass is 10.1. The topological polar surface area (TPSA) is 79.4 Å². The highest BCUT2D eigenvalue weighted by atomic mass is 16.5. The van der Waals surface area contributed by atoms with Gasteiger partial charge in [0, 0.05) is 18.5 Å². The van der Waals surface area contributed by atoms with Gasteiger partial charge in [-0.3, -0.25) is 4.79 Å². The summed E-state index contributed by atoms with van der Waals surface area (Å²) in [5, 5.41) is 0. The number of aryl methyl sites for hydroxylation is 1. The molecule has 2 aromatic rings. The summed E-state index contributed by atoms with van der Waals surface area (Å²) in [6.45, 7) is 0.786. The van der Waals surface area contributed by atoms with Crippen LogP contribution < -0.4 is 15.2 Å². The zero-order valence-electron chi connectivity index (χ0n) is 12.8. The summed E-state index contributed by atoms with van der Waals surface area (Å²) in [5.74, 6) is 2.16. The fourth-order valence-corrected chi connectivity index (χ4v) is 2.86. The van der Waals surface area contributed by atoms with Crippen molar-refractivity contribution in [2.75, 3.05) is 20.0 Å². The lowest BCUT2D eigenvalue weighted by Gasteiger charge is -2.16. The molecule has 1 aromatic carbocycles. The van der Waals surface area contributed by atoms with Crippen LogP contribution in [0.4, 0.5) is 5.82 Å². The normalized spacial score (nSPS) is 13.5. The summed E-state index contributed by atoms with van der Waals surface area (Å²) in [6, 6.07) is 5.10. The number of imidazole rings is 1. The largest absolute Gasteiger partial charge is 0.493 e. The van der Waals surface area contributed by atoms with Crippen LogP contribution in [0.1, 0.15) is 34.7 Å². The molecule has 0 atom stereocenters. The second-order valence-electron chi connectivity index (χ2n) is 5.27. The Kier molecular flexibility index (Phi) is 3.75. The lowest BCUT2D eigenvalue weighted by Crippen LogP contribution is -2.17. The number of nitrogens with zero attached hydrogens (tertiary/aromatic N) is 2. The van der Waals surface area contributed by atoms with Crippen LogP contribution >= 0.6 is 0 Å². The SMILES string of the molecule is COc1ccc(C(=O)c2c(N)nc3n2CCCC3)cc1OC. The number of hydrogen-bond donors (Lipinski definition) is 1. The van der Waals surface area contributed by atoms with Crippen LogP contribution in [0.3, 0.4) is 0 Å². The number of ether oxygens (including phenoxy) is 2. The molecule has 0 aliphatic carbocycles. The van der Waals surface area contributed by atoms with Crippen molar-refractivity contribution in [3.8, 4) is 11.5 Å². The predicted octanol–water partition coefficient (Wildman–Crippen LogP) is 2.05. The molecule has 0 fully saturated rings. The van der Waals surface area contributed by atoms with Gasteiger partial charge in [-0.2, -0.15) is 0 Å². The molecule has 116 valence electrons. The van der Waals surface area contributed by atoms with Gasteiger partial charge in [0.05, 0.1) is 14.2 Å². The van der Waals surface area contributed by atoms with Gasteiger partial charge in [-0.05, 0) is 31.0 Å². The summed E-state index contributed by atoms with van der Waals surface area (Å²) in [7, 11) is 3.10. The number of nitrogens with two attached hydrogens (primary N) is 1. The van der Waals surface area contributed by atoms with Gasteiger partial charge in [-0.15, -0.1) is 0 Å². The molecule has 6 nitrogen and oxygen atoms in total. The number of methoxy groups -OCH3 is 2. The van der Waals surface area contributed by atoms with Crippen molar-refractivity contribution in [3.05, 3.63) is 35.3 Å². The number of nitrogen functional groups attached to an aromatic ring is 1. The van der Waals surface area contributed by atoms with Crippen molar-refractivity contribution in [2.24, 2.45) is 0 Å². The minimum absolute atomic E-state index is 0.140. The number of anilines is 1. The van der Waals surface area contributed by atoms with Gasteiger partial charge in [0.15, 0.2) is 17.3 Å². The van der Waals surface area contributed by atoms with Crippen molar-refractivity contribution < 1.29 is 14.3 Å². The number of fused-ring (bicyclic) bond motifs is 1. The highest BCUT2D eigenvalue weighted by molar-refractivity contribution is 6.11. The van der Waals surface area contributed by atoms with E-state index in [0.717, 1.165) is 31.6 Å². The molecule has 2 heterocycles. The zero-order valence-corrected chi connectivity index (χ0v) is 12.8. The summed E-state index contributed by atoms with van der Waals surface area (Å²) in [4.78, 5) is 17.2. The zero-order chi connectivity index (χ0) is 15.7. The number of carbonyl (C=O) groups is 1. The van der Waals surface area contributed by atoms with Crippen molar-refractivity contribution in [1.29, 1.82) is 0 Å². The van der Waals surface area contributed by atoms with Crippen molar-refractivity contribution >= 4 is 11.6 Å². The molecule has 22 heavy (non-hydrogen) atoms. The van der Waals surface area contributed by atoms with E-state index in [1.165, 1.54) is 0 Å². The maximum atomic E-state index is 12.8. The first kappa shape index (κ1) is 14.4. The summed E-state index contributed by atoms with van der Waals surface area (Å²) in [5.41, 5.74) is 6.96. The van der Waals surface area contributed by atoms with E-state index in [-0.39, 0.29) is 5.78 Å². The number of hydrogen-bond acceptors (Lipinski definition) is 5. The minimum atomic E-state index is -0.140. The van der Waals surface area contributed by atoms with Gasteiger partial charge in [0.1, 0.15) is 11.5 Å². The molecule has 1 aliphatic heterocycles. The second kappa shape index (κ2) is 5.71. The Labute approximate surface area is 128 Å². The third-order valence-corrected chi connectivity index (χ3v) is 3.97. The van der Waals surface area contributed by atoms with E-state index in [2.05, 4.69) is 4.98 Å². The number of aromatic nitrogens is 2. The molecular formula is C16H19N3O3. The second-order valence-corrected chi connectivity index (χ2v) is 5.27. The molecule has 0 saturated carbocycles. The molecule has 0 unspecified atom stereocenters. The summed E-state index contributed by atoms with van der Waals surface area (Å²) >= 11 is 0. The average Bonchev–Trinajstić information content (AvgIpc) is 2.89. The van der Waals surface area contributed by atoms with Crippen molar-refractivity contribution in [2.45, 2.75) is 25.8 Å². The molecule has 1 aromatic heterocycles. The first-order valence-electron chi connectivity index (χ1n) is 7.27. The minimum Gasteiger partial charge on any atom is -0.493 e. The van der Waals surface area contributed by atoms with Gasteiger partial charge in [0.2, 0.25) is 5.78 Å². The van der Waals surface area contributed by atoms with Crippen LogP contribution in [0.2, 0.25) is 0 Å². The monoisotopic (exact) mass is 301 g/mol. The highest BCUT2D eigenvalue weighted by Crippen LogP contribution is 2.30. The van der Waals surface area contributed by atoms with Crippen molar-refractivity contribution in [3.63, 3.8) is 0 Å². The first-order valence-corrected chi connectivity index (χ1v) is 7.27. The summed E-state index contributed by atoms with van der Waals surface area (Å²) in [6.07, 6.45) is 2.98. The predicted molar refractivity (Wildman–Crippen MR) is 82.6 cm³/mol. The Balaban J connectivity index is 2.03. The summed E-state index contributed by atoms with van der Waals surface area (Å²) < 4.78 is 12.4. The molecule has 0 radical (unpaired) electrons. The molecule has 3 rings (SSSR count). The molecule has 0 amide bonds. The van der Waals surface area contributed by atoms with Crippen LogP contribution in [0.5, 0.6) is 11.5 Å². The van der Waals surface area contributed by atoms with Crippen LogP contribution in [-0.4, -0.2) is 29.6 Å². The third kappa shape index (κ3) is 2.30. The molecule has 0 bridgehead atoms. The van der Waals surface area contributed by atoms with Gasteiger partial charge in [0.25, 0.3) is 0 Å². The molecular weight excluding hydrogens is 282 g/mol. The maximum Gasteiger partial charge on any atom is 0.213 e. The fraction of sp³-hybridized carbons (Fsp3) is 0.375. The van der Waals surface area contributed by atoms with Crippen LogP contribution in [0.25, 0.3) is 0 Å². The molecule has 0 spiro atoms. The number of rotatable bonds is 4. The Morgan fingerprint density at radius 3 is 2.73 bits per heavy atom. The Morgan fingerprint density at radius 2 is 2.00 bits per heavy atom. The molecule has 6 heteroatoms. The first-order chi connectivity index (χ1) is 10.7. The van der Waals surface area contributed by atoms with Crippen molar-refractivity contribution in [1.82, 2.24) is 9.55 Å². The van der Waals surface area contributed by atoms with E-state index in [9.17, 15) is 4.79 Å². The fourth-order valence-electron chi connectivity index (χ4n) is 2.86. The number of carbonyl (C=O) groups excluding carboxylic acids is 1.